The average molecular weight is 181 g/mol. The van der Waals surface area contributed by atoms with Gasteiger partial charge in [0, 0.05) is 0 Å². The molecule has 2 N–H and O–H groups in total. The van der Waals surface area contributed by atoms with Gasteiger partial charge in [-0.05, 0) is 0 Å². The summed E-state index contributed by atoms with van der Waals surface area (Å²) in [5.74, 6) is 0. The monoisotopic (exact) mass is 180 g/mol. The molecule has 0 aliphatic rings. The van der Waals surface area contributed by atoms with Crippen molar-refractivity contribution >= 4 is 10.3 Å². The first-order chi connectivity index (χ1) is 3.00. The maximum atomic E-state index is 8.85. The van der Waals surface area contributed by atoms with Gasteiger partial charge in [0.15, 0.2) is 10.3 Å². The average Bonchev–Trinajstić information content (AvgIpc) is 1.36. The minimum Gasteiger partial charge on any atom is -0.736 e. The molecule has 0 heterocycles. The molecule has 5 nitrogen and oxygen atoms in total. The molecule has 0 atom stereocenters. The fourth-order valence-electron chi connectivity index (χ4n) is 0. The van der Waals surface area contributed by atoms with Crippen LogP contribution in [0.4, 0.5) is 0 Å². The molecule has 0 bridgehead atoms. The SMILES string of the molecule is NS(=O)(=O)[O-].[C-]#N.[Ni+2]. The zero-order valence-electron chi connectivity index (χ0n) is 3.47. The Morgan fingerprint density at radius 2 is 1.50 bits per heavy atom. The summed E-state index contributed by atoms with van der Waals surface area (Å²) in [6, 6.07) is 0. The van der Waals surface area contributed by atoms with Crippen LogP contribution >= 0.6 is 0 Å². The van der Waals surface area contributed by atoms with Crippen LogP contribution in [0.5, 0.6) is 0 Å². The minimum absolute atomic E-state index is 0. The third-order valence-corrected chi connectivity index (χ3v) is 0. The summed E-state index contributed by atoms with van der Waals surface area (Å²) in [4.78, 5) is 0. The molecule has 0 aliphatic heterocycles. The van der Waals surface area contributed by atoms with E-state index in [0.717, 1.165) is 0 Å². The summed E-state index contributed by atoms with van der Waals surface area (Å²) >= 11 is 0. The quantitative estimate of drug-likeness (QED) is 0.278. The first-order valence-electron chi connectivity index (χ1n) is 0.959. The zero-order chi connectivity index (χ0) is 6.50. The fraction of sp³-hybridized carbons (Fsp3) is 0. The Hall–Kier alpha value is -0.146. The number of nitrogens with zero attached hydrogens (tertiary/aromatic N) is 1. The molecule has 0 aliphatic carbocycles. The standard InChI is InChI=1S/CN.H3NO3S.Ni/c1-2;1-5(2,3)4;/h;(H3,1,2,3,4);/q-1;;+2/p-1. The van der Waals surface area contributed by atoms with Crippen LogP contribution in [0.25, 0.3) is 0 Å². The largest absolute Gasteiger partial charge is 2.00 e. The van der Waals surface area contributed by atoms with Gasteiger partial charge in [0.1, 0.15) is 0 Å². The van der Waals surface area contributed by atoms with Crippen molar-refractivity contribution in [3.8, 4) is 0 Å². The summed E-state index contributed by atoms with van der Waals surface area (Å²) in [6.45, 7) is 4.75. The van der Waals surface area contributed by atoms with E-state index in [1.54, 1.807) is 0 Å². The van der Waals surface area contributed by atoms with Crippen LogP contribution in [-0.4, -0.2) is 13.0 Å². The van der Waals surface area contributed by atoms with Crippen LogP contribution < -0.4 is 5.14 Å². The first kappa shape index (κ1) is 15.7. The third-order valence-electron chi connectivity index (χ3n) is 0. The van der Waals surface area contributed by atoms with Crippen LogP contribution in [0.15, 0.2) is 0 Å². The molecule has 8 heavy (non-hydrogen) atoms. The van der Waals surface area contributed by atoms with Crippen LogP contribution in [0.3, 0.4) is 0 Å². The summed E-state index contributed by atoms with van der Waals surface area (Å²) in [5.41, 5.74) is 0. The molecule has 0 saturated heterocycles. The molecule has 0 amide bonds. The zero-order valence-corrected chi connectivity index (χ0v) is 5.28. The number of nitrogens with two attached hydrogens (primary N) is 1. The van der Waals surface area contributed by atoms with Crippen molar-refractivity contribution < 1.29 is 29.5 Å². The molecule has 0 rings (SSSR count). The van der Waals surface area contributed by atoms with Crippen molar-refractivity contribution in [2.75, 3.05) is 0 Å². The number of hydrogen-bond acceptors (Lipinski definition) is 4. The van der Waals surface area contributed by atoms with E-state index >= 15 is 0 Å². The molecule has 50 valence electrons. The molecule has 0 saturated carbocycles. The Bertz CT molecular complexity index is 129. The van der Waals surface area contributed by atoms with Gasteiger partial charge >= 0.3 is 16.5 Å². The van der Waals surface area contributed by atoms with Crippen molar-refractivity contribution in [3.05, 3.63) is 6.57 Å². The van der Waals surface area contributed by atoms with E-state index in [4.69, 9.17) is 24.8 Å². The smallest absolute Gasteiger partial charge is 0.736 e. The van der Waals surface area contributed by atoms with E-state index < -0.39 is 10.3 Å². The molecule has 0 unspecified atom stereocenters. The maximum Gasteiger partial charge on any atom is 2.00 e. The molecule has 0 spiro atoms. The summed E-state index contributed by atoms with van der Waals surface area (Å²) < 4.78 is 26.6. The van der Waals surface area contributed by atoms with Crippen LogP contribution in [-0.2, 0) is 26.8 Å². The maximum absolute atomic E-state index is 8.85. The molecule has 0 radical (unpaired) electrons. The minimum atomic E-state index is -4.42. The Kier molecular flexibility index (Phi) is 13.4. The van der Waals surface area contributed by atoms with E-state index in [2.05, 4.69) is 5.14 Å². The second kappa shape index (κ2) is 6.85. The second-order valence-electron chi connectivity index (χ2n) is 0.493. The second-order valence-corrected chi connectivity index (χ2v) is 1.48. The van der Waals surface area contributed by atoms with E-state index in [1.807, 2.05) is 0 Å². The van der Waals surface area contributed by atoms with Crippen molar-refractivity contribution in [1.82, 2.24) is 0 Å². The van der Waals surface area contributed by atoms with Crippen molar-refractivity contribution in [2.45, 2.75) is 0 Å². The van der Waals surface area contributed by atoms with Gasteiger partial charge in [0.25, 0.3) is 0 Å². The first-order valence-corrected chi connectivity index (χ1v) is 2.43. The van der Waals surface area contributed by atoms with Gasteiger partial charge < -0.3 is 16.4 Å². The van der Waals surface area contributed by atoms with E-state index in [9.17, 15) is 0 Å². The van der Waals surface area contributed by atoms with Gasteiger partial charge in [0.2, 0.25) is 0 Å². The van der Waals surface area contributed by atoms with Crippen molar-refractivity contribution in [1.29, 1.82) is 5.26 Å². The van der Waals surface area contributed by atoms with E-state index in [1.165, 1.54) is 0 Å². The fourth-order valence-corrected chi connectivity index (χ4v) is 0. The normalized spacial score (nSPS) is 7.50. The molecule has 7 heteroatoms. The van der Waals surface area contributed by atoms with Gasteiger partial charge in [-0.15, -0.1) is 0 Å². The topological polar surface area (TPSA) is 107 Å². The van der Waals surface area contributed by atoms with Crippen LogP contribution in [0.1, 0.15) is 0 Å². The summed E-state index contributed by atoms with van der Waals surface area (Å²) in [5, 5.41) is 10.0. The Labute approximate surface area is 57.3 Å². The van der Waals surface area contributed by atoms with Gasteiger partial charge in [-0.3, -0.25) is 0 Å². The van der Waals surface area contributed by atoms with Gasteiger partial charge in [0.05, 0.1) is 0 Å². The Balaban J connectivity index is -0.0000000750. The number of hydrogen-bond donors (Lipinski definition) is 1. The summed E-state index contributed by atoms with van der Waals surface area (Å²) in [7, 11) is -4.42. The third kappa shape index (κ3) is 6430. The molecule has 0 aromatic carbocycles. The van der Waals surface area contributed by atoms with Gasteiger partial charge in [-0.25, -0.2) is 13.6 Å². The van der Waals surface area contributed by atoms with E-state index in [-0.39, 0.29) is 16.5 Å². The predicted molar refractivity (Wildman–Crippen MR) is 18.9 cm³/mol. The molecule has 0 fully saturated rings. The summed E-state index contributed by atoms with van der Waals surface area (Å²) in [6.07, 6.45) is 0. The molecular weight excluding hydrogens is 179 g/mol. The van der Waals surface area contributed by atoms with Crippen LogP contribution in [0.2, 0.25) is 0 Å². The molecule has 0 aromatic rings. The van der Waals surface area contributed by atoms with Crippen LogP contribution in [0, 0.1) is 11.8 Å². The van der Waals surface area contributed by atoms with Crippen molar-refractivity contribution in [2.24, 2.45) is 5.14 Å². The van der Waals surface area contributed by atoms with E-state index in [0.29, 0.717) is 0 Å². The predicted octanol–water partition coefficient (Wildman–Crippen LogP) is -1.50. The van der Waals surface area contributed by atoms with Crippen molar-refractivity contribution in [3.63, 3.8) is 0 Å². The molecular formula is CH2N2NiO3S. The Morgan fingerprint density at radius 3 is 1.50 bits per heavy atom. The van der Waals surface area contributed by atoms with Gasteiger partial charge in [-0.1, -0.05) is 0 Å². The molecule has 0 aromatic heterocycles. The Morgan fingerprint density at radius 1 is 1.50 bits per heavy atom. The van der Waals surface area contributed by atoms with Gasteiger partial charge in [-0.2, -0.15) is 0 Å². The number of rotatable bonds is 0.